The van der Waals surface area contributed by atoms with Crippen molar-refractivity contribution < 1.29 is 19.0 Å². The zero-order valence-corrected chi connectivity index (χ0v) is 28.0. The third kappa shape index (κ3) is 5.61. The number of thiophene rings is 1. The van der Waals surface area contributed by atoms with Gasteiger partial charge >= 0.3 is 5.69 Å². The van der Waals surface area contributed by atoms with E-state index in [1.165, 1.54) is 27.1 Å². The van der Waals surface area contributed by atoms with E-state index in [2.05, 4.69) is 10.2 Å². The molecule has 5 heterocycles. The molecule has 250 valence electrons. The molecule has 12 nitrogen and oxygen atoms in total. The molecule has 47 heavy (non-hydrogen) atoms. The Balaban J connectivity index is 1.38. The molecular formula is C34H42N6O6S. The summed E-state index contributed by atoms with van der Waals surface area (Å²) in [4.78, 5) is 47.0. The quantitative estimate of drug-likeness (QED) is 0.230. The van der Waals surface area contributed by atoms with Crippen molar-refractivity contribution in [2.75, 3.05) is 26.4 Å². The van der Waals surface area contributed by atoms with Gasteiger partial charge in [0.2, 0.25) is 0 Å². The SMILES string of the molecule is CCOc1ccccc1[C@H](Cn1c(=O)n(C2(C)CN(C3CCCCC3)C2=O)c(=O)c2c(C)c(-n3nccn3)sc21)OC1CCOCC1. The molecule has 3 aliphatic rings. The van der Waals surface area contributed by atoms with Gasteiger partial charge in [0.05, 0.1) is 43.6 Å². The molecule has 7 rings (SSSR count). The summed E-state index contributed by atoms with van der Waals surface area (Å²) in [6.07, 6.45) is 9.20. The van der Waals surface area contributed by atoms with Crippen LogP contribution < -0.4 is 16.0 Å². The third-order valence-corrected chi connectivity index (χ3v) is 11.2. The van der Waals surface area contributed by atoms with Crippen molar-refractivity contribution in [3.8, 4) is 10.8 Å². The van der Waals surface area contributed by atoms with Crippen LogP contribution in [-0.4, -0.2) is 73.4 Å². The number of hydrogen-bond donors (Lipinski definition) is 0. The van der Waals surface area contributed by atoms with Crippen molar-refractivity contribution in [3.05, 3.63) is 68.6 Å². The van der Waals surface area contributed by atoms with E-state index in [0.717, 1.165) is 44.1 Å². The lowest BCUT2D eigenvalue weighted by Crippen LogP contribution is -2.72. The monoisotopic (exact) mass is 662 g/mol. The molecule has 2 atom stereocenters. The maximum atomic E-state index is 14.8. The van der Waals surface area contributed by atoms with Crippen molar-refractivity contribution in [1.29, 1.82) is 0 Å². The van der Waals surface area contributed by atoms with E-state index in [0.29, 0.717) is 52.9 Å². The Morgan fingerprint density at radius 1 is 1.04 bits per heavy atom. The number of fused-ring (bicyclic) bond motifs is 1. The van der Waals surface area contributed by atoms with Gasteiger partial charge in [-0.1, -0.05) is 48.8 Å². The summed E-state index contributed by atoms with van der Waals surface area (Å²) in [6, 6.07) is 7.87. The zero-order chi connectivity index (χ0) is 32.7. The number of likely N-dealkylation sites (tertiary alicyclic amines) is 1. The van der Waals surface area contributed by atoms with Crippen molar-refractivity contribution in [2.45, 2.75) is 96.1 Å². The first kappa shape index (κ1) is 31.8. The Kier molecular flexibility index (Phi) is 8.79. The molecule has 1 aromatic carbocycles. The molecule has 2 saturated heterocycles. The number of ether oxygens (including phenoxy) is 3. The van der Waals surface area contributed by atoms with Gasteiger partial charge in [-0.25, -0.2) is 9.36 Å². The Morgan fingerprint density at radius 3 is 2.47 bits per heavy atom. The van der Waals surface area contributed by atoms with Gasteiger partial charge in [-0.15, -0.1) is 4.80 Å². The summed E-state index contributed by atoms with van der Waals surface area (Å²) in [5, 5.41) is 9.66. The number of rotatable bonds is 10. The highest BCUT2D eigenvalue weighted by Gasteiger charge is 2.54. The van der Waals surface area contributed by atoms with E-state index in [1.807, 2.05) is 43.0 Å². The van der Waals surface area contributed by atoms with Gasteiger partial charge in [0.1, 0.15) is 27.2 Å². The van der Waals surface area contributed by atoms with Crippen LogP contribution >= 0.6 is 11.3 Å². The number of carbonyl (C=O) groups is 1. The number of para-hydroxylation sites is 1. The highest BCUT2D eigenvalue weighted by Crippen LogP contribution is 2.38. The van der Waals surface area contributed by atoms with E-state index >= 15 is 0 Å². The lowest BCUT2D eigenvalue weighted by Gasteiger charge is -2.51. The topological polar surface area (TPSA) is 123 Å². The Hall–Kier alpha value is -3.81. The summed E-state index contributed by atoms with van der Waals surface area (Å²) in [5.74, 6) is 0.505. The van der Waals surface area contributed by atoms with Gasteiger partial charge in [-0.05, 0) is 52.5 Å². The van der Waals surface area contributed by atoms with Crippen LogP contribution in [-0.2, 0) is 26.4 Å². The van der Waals surface area contributed by atoms with Gasteiger partial charge in [0.25, 0.3) is 11.5 Å². The van der Waals surface area contributed by atoms with Gasteiger partial charge in [-0.3, -0.25) is 14.2 Å². The Morgan fingerprint density at radius 2 is 1.77 bits per heavy atom. The highest BCUT2D eigenvalue weighted by atomic mass is 32.1. The van der Waals surface area contributed by atoms with Crippen LogP contribution in [0.3, 0.4) is 0 Å². The highest BCUT2D eigenvalue weighted by molar-refractivity contribution is 7.21. The summed E-state index contributed by atoms with van der Waals surface area (Å²) in [5.41, 5.74) is -0.818. The molecule has 0 spiro atoms. The normalized spacial score (nSPS) is 21.7. The van der Waals surface area contributed by atoms with E-state index in [-0.39, 0.29) is 24.6 Å². The number of nitrogens with zero attached hydrogens (tertiary/aromatic N) is 6. The minimum absolute atomic E-state index is 0.0794. The van der Waals surface area contributed by atoms with E-state index < -0.39 is 22.9 Å². The van der Waals surface area contributed by atoms with Crippen molar-refractivity contribution in [1.82, 2.24) is 29.0 Å². The van der Waals surface area contributed by atoms with E-state index in [1.54, 1.807) is 23.9 Å². The molecular weight excluding hydrogens is 620 g/mol. The smallest absolute Gasteiger partial charge is 0.333 e. The summed E-state index contributed by atoms with van der Waals surface area (Å²) >= 11 is 1.29. The largest absolute Gasteiger partial charge is 0.493 e. The van der Waals surface area contributed by atoms with Crippen LogP contribution in [0, 0.1) is 6.92 Å². The number of β-lactam (4-membered cyclic amide) rings is 1. The van der Waals surface area contributed by atoms with E-state index in [9.17, 15) is 14.4 Å². The number of aryl methyl sites for hydroxylation is 1. The lowest BCUT2D eigenvalue weighted by molar-refractivity contribution is -0.162. The minimum atomic E-state index is -1.29. The standard InChI is InChI=1S/C34H42N6O6S/c1-4-45-26-13-9-8-12-25(26)27(46-24-14-18-44-19-15-24)20-37-31-28(22(2)30(47-31)40-35-16-17-36-40)29(41)39(33(37)43)34(3)21-38(32(34)42)23-10-6-5-7-11-23/h8-9,12-13,16-17,23-24,27H,4-7,10-11,14-15,18-21H2,1-3H3/t27-,34?/m0/s1. The van der Waals surface area contributed by atoms with Gasteiger partial charge in [0, 0.05) is 30.4 Å². The maximum Gasteiger partial charge on any atom is 0.333 e. The van der Waals surface area contributed by atoms with Crippen LogP contribution in [0.4, 0.5) is 0 Å². The fraction of sp³-hybridized carbons (Fsp3) is 0.559. The molecule has 1 aliphatic carbocycles. The number of aromatic nitrogens is 5. The zero-order valence-electron chi connectivity index (χ0n) is 27.2. The fourth-order valence-electron chi connectivity index (χ4n) is 7.44. The second kappa shape index (κ2) is 13.0. The van der Waals surface area contributed by atoms with Crippen LogP contribution in [0.5, 0.6) is 5.75 Å². The second-order valence-electron chi connectivity index (χ2n) is 13.0. The summed E-state index contributed by atoms with van der Waals surface area (Å²) in [7, 11) is 0. The molecule has 13 heteroatoms. The molecule has 0 radical (unpaired) electrons. The predicted octanol–water partition coefficient (Wildman–Crippen LogP) is 4.34. The van der Waals surface area contributed by atoms with Gasteiger partial charge in [0.15, 0.2) is 0 Å². The third-order valence-electron chi connectivity index (χ3n) is 9.94. The second-order valence-corrected chi connectivity index (χ2v) is 13.9. The first-order chi connectivity index (χ1) is 22.8. The number of amides is 1. The van der Waals surface area contributed by atoms with Crippen LogP contribution in [0.1, 0.15) is 76.0 Å². The number of hydrogen-bond acceptors (Lipinski definition) is 9. The minimum Gasteiger partial charge on any atom is -0.493 e. The van der Waals surface area contributed by atoms with Crippen LogP contribution in [0.15, 0.2) is 46.2 Å². The average molecular weight is 663 g/mol. The fourth-order valence-corrected chi connectivity index (χ4v) is 8.66. The first-order valence-corrected chi connectivity index (χ1v) is 17.6. The number of benzene rings is 1. The van der Waals surface area contributed by atoms with Crippen molar-refractivity contribution in [2.24, 2.45) is 0 Å². The molecule has 1 amide bonds. The van der Waals surface area contributed by atoms with Gasteiger partial charge < -0.3 is 19.1 Å². The molecule has 4 aromatic rings. The average Bonchev–Trinajstić information content (AvgIpc) is 3.74. The summed E-state index contributed by atoms with van der Waals surface area (Å²) < 4.78 is 21.2. The van der Waals surface area contributed by atoms with Crippen LogP contribution in [0.2, 0.25) is 0 Å². The first-order valence-electron chi connectivity index (χ1n) is 16.7. The molecule has 3 fully saturated rings. The molecule has 3 aromatic heterocycles. The molecule has 0 N–H and O–H groups in total. The van der Waals surface area contributed by atoms with Crippen molar-refractivity contribution >= 4 is 27.5 Å². The lowest BCUT2D eigenvalue weighted by atomic mass is 9.84. The number of carbonyl (C=O) groups excluding carboxylic acids is 1. The molecule has 1 unspecified atom stereocenters. The van der Waals surface area contributed by atoms with Crippen molar-refractivity contribution in [3.63, 3.8) is 0 Å². The molecule has 1 saturated carbocycles. The van der Waals surface area contributed by atoms with Gasteiger partial charge in [-0.2, -0.15) is 10.2 Å². The summed E-state index contributed by atoms with van der Waals surface area (Å²) in [6.45, 7) is 7.61. The molecule has 2 aliphatic heterocycles. The predicted molar refractivity (Wildman–Crippen MR) is 178 cm³/mol. The van der Waals surface area contributed by atoms with Crippen LogP contribution in [0.25, 0.3) is 15.2 Å². The Bertz CT molecular complexity index is 1870. The maximum absolute atomic E-state index is 14.8. The van der Waals surface area contributed by atoms with E-state index in [4.69, 9.17) is 14.2 Å². The molecule has 0 bridgehead atoms. The Labute approximate surface area is 276 Å².